The van der Waals surface area contributed by atoms with Crippen LogP contribution in [0.25, 0.3) is 0 Å². The van der Waals surface area contributed by atoms with Gasteiger partial charge in [-0.2, -0.15) is 0 Å². The quantitative estimate of drug-likeness (QED) is 0.566. The molecule has 0 bridgehead atoms. The molecular formula is C24H24ClN3O2. The Morgan fingerprint density at radius 2 is 1.70 bits per heavy atom. The van der Waals surface area contributed by atoms with Crippen molar-refractivity contribution in [3.63, 3.8) is 0 Å². The Labute approximate surface area is 181 Å². The zero-order chi connectivity index (χ0) is 21.5. The molecular weight excluding hydrogens is 398 g/mol. The summed E-state index contributed by atoms with van der Waals surface area (Å²) in [6.45, 7) is 2.50. The molecule has 0 fully saturated rings. The van der Waals surface area contributed by atoms with Gasteiger partial charge in [-0.1, -0.05) is 54.1 Å². The highest BCUT2D eigenvalue weighted by Gasteiger charge is 2.13. The SMILES string of the molecule is Cc1c(Cl)cccc1NCC(=O)Nc1cccc(C(=O)N(C)Cc2ccccc2)c1. The van der Waals surface area contributed by atoms with Crippen molar-refractivity contribution in [2.75, 3.05) is 24.2 Å². The monoisotopic (exact) mass is 421 g/mol. The Balaban J connectivity index is 1.59. The molecule has 3 rings (SSSR count). The van der Waals surface area contributed by atoms with Crippen molar-refractivity contribution in [1.29, 1.82) is 0 Å². The fourth-order valence-electron chi connectivity index (χ4n) is 3.06. The molecule has 2 amide bonds. The summed E-state index contributed by atoms with van der Waals surface area (Å²) >= 11 is 6.11. The van der Waals surface area contributed by atoms with Crippen LogP contribution in [0.3, 0.4) is 0 Å². The average Bonchev–Trinajstić information content (AvgIpc) is 2.75. The normalized spacial score (nSPS) is 10.4. The van der Waals surface area contributed by atoms with Crippen molar-refractivity contribution in [2.24, 2.45) is 0 Å². The van der Waals surface area contributed by atoms with E-state index in [2.05, 4.69) is 10.6 Å². The summed E-state index contributed by atoms with van der Waals surface area (Å²) in [5, 5.41) is 6.55. The second-order valence-electron chi connectivity index (χ2n) is 7.04. The van der Waals surface area contributed by atoms with Crippen LogP contribution in [0.2, 0.25) is 5.02 Å². The molecule has 0 aliphatic rings. The van der Waals surface area contributed by atoms with Crippen LogP contribution >= 0.6 is 11.6 Å². The van der Waals surface area contributed by atoms with Gasteiger partial charge in [0.05, 0.1) is 6.54 Å². The summed E-state index contributed by atoms with van der Waals surface area (Å²) in [5.41, 5.74) is 3.85. The van der Waals surface area contributed by atoms with Gasteiger partial charge in [-0.15, -0.1) is 0 Å². The molecule has 0 spiro atoms. The maximum absolute atomic E-state index is 12.8. The summed E-state index contributed by atoms with van der Waals surface area (Å²) in [6, 6.07) is 22.3. The molecule has 0 saturated heterocycles. The van der Waals surface area contributed by atoms with Crippen LogP contribution < -0.4 is 10.6 Å². The molecule has 0 aliphatic carbocycles. The van der Waals surface area contributed by atoms with Crippen LogP contribution in [-0.4, -0.2) is 30.3 Å². The van der Waals surface area contributed by atoms with Crippen molar-refractivity contribution in [3.05, 3.63) is 94.5 Å². The lowest BCUT2D eigenvalue weighted by molar-refractivity contribution is -0.114. The highest BCUT2D eigenvalue weighted by Crippen LogP contribution is 2.22. The summed E-state index contributed by atoms with van der Waals surface area (Å²) in [4.78, 5) is 26.7. The van der Waals surface area contributed by atoms with Gasteiger partial charge in [-0.3, -0.25) is 9.59 Å². The number of rotatable bonds is 7. The maximum atomic E-state index is 12.8. The van der Waals surface area contributed by atoms with Gasteiger partial charge in [0, 0.05) is 35.6 Å². The molecule has 0 heterocycles. The third-order valence-electron chi connectivity index (χ3n) is 4.71. The number of anilines is 2. The van der Waals surface area contributed by atoms with Gasteiger partial charge in [-0.25, -0.2) is 0 Å². The van der Waals surface area contributed by atoms with Crippen molar-refractivity contribution in [1.82, 2.24) is 4.90 Å². The van der Waals surface area contributed by atoms with Gasteiger partial charge < -0.3 is 15.5 Å². The molecule has 0 aromatic heterocycles. The topological polar surface area (TPSA) is 61.4 Å². The van der Waals surface area contributed by atoms with Gasteiger partial charge in [-0.05, 0) is 48.4 Å². The Hall–Kier alpha value is -3.31. The van der Waals surface area contributed by atoms with Crippen LogP contribution in [0.4, 0.5) is 11.4 Å². The van der Waals surface area contributed by atoms with E-state index in [1.807, 2.05) is 49.4 Å². The second-order valence-corrected chi connectivity index (χ2v) is 7.45. The van der Waals surface area contributed by atoms with E-state index in [1.165, 1.54) is 0 Å². The largest absolute Gasteiger partial charge is 0.376 e. The third-order valence-corrected chi connectivity index (χ3v) is 5.12. The molecule has 0 saturated carbocycles. The van der Waals surface area contributed by atoms with Crippen molar-refractivity contribution >= 4 is 34.8 Å². The Bertz CT molecular complexity index is 1040. The number of benzene rings is 3. The van der Waals surface area contributed by atoms with Gasteiger partial charge in [0.2, 0.25) is 5.91 Å². The molecule has 6 heteroatoms. The minimum Gasteiger partial charge on any atom is -0.376 e. The summed E-state index contributed by atoms with van der Waals surface area (Å²) < 4.78 is 0. The summed E-state index contributed by atoms with van der Waals surface area (Å²) in [7, 11) is 1.76. The van der Waals surface area contributed by atoms with Gasteiger partial charge >= 0.3 is 0 Å². The maximum Gasteiger partial charge on any atom is 0.253 e. The van der Waals surface area contributed by atoms with Crippen molar-refractivity contribution < 1.29 is 9.59 Å². The number of halogens is 1. The number of nitrogens with zero attached hydrogens (tertiary/aromatic N) is 1. The smallest absolute Gasteiger partial charge is 0.253 e. The standard InChI is InChI=1S/C24H24ClN3O2/c1-17-21(25)12-7-13-22(17)26-15-23(29)27-20-11-6-10-19(14-20)24(30)28(2)16-18-8-4-3-5-9-18/h3-14,26H,15-16H2,1-2H3,(H,27,29). The molecule has 3 aromatic carbocycles. The fourth-order valence-corrected chi connectivity index (χ4v) is 3.23. The Morgan fingerprint density at radius 3 is 2.47 bits per heavy atom. The molecule has 0 aliphatic heterocycles. The fraction of sp³-hybridized carbons (Fsp3) is 0.167. The third kappa shape index (κ3) is 5.61. The Kier molecular flexibility index (Phi) is 7.09. The molecule has 0 atom stereocenters. The van der Waals surface area contributed by atoms with Gasteiger partial charge in [0.25, 0.3) is 5.91 Å². The first-order chi connectivity index (χ1) is 14.4. The highest BCUT2D eigenvalue weighted by molar-refractivity contribution is 6.31. The van der Waals surface area contributed by atoms with Gasteiger partial charge in [0.1, 0.15) is 0 Å². The average molecular weight is 422 g/mol. The first-order valence-corrected chi connectivity index (χ1v) is 10.00. The lowest BCUT2D eigenvalue weighted by Gasteiger charge is -2.18. The molecule has 0 unspecified atom stereocenters. The van der Waals surface area contributed by atoms with E-state index in [1.54, 1.807) is 42.3 Å². The molecule has 2 N–H and O–H groups in total. The van der Waals surface area contributed by atoms with Crippen LogP contribution in [0.15, 0.2) is 72.8 Å². The van der Waals surface area contributed by atoms with Crippen LogP contribution in [0, 0.1) is 6.92 Å². The van der Waals surface area contributed by atoms with E-state index < -0.39 is 0 Å². The predicted molar refractivity (Wildman–Crippen MR) is 122 cm³/mol. The highest BCUT2D eigenvalue weighted by atomic mass is 35.5. The zero-order valence-corrected chi connectivity index (χ0v) is 17.7. The summed E-state index contributed by atoms with van der Waals surface area (Å²) in [5.74, 6) is -0.320. The number of hydrogen-bond donors (Lipinski definition) is 2. The zero-order valence-electron chi connectivity index (χ0n) is 17.0. The molecule has 0 radical (unpaired) electrons. The summed E-state index contributed by atoms with van der Waals surface area (Å²) in [6.07, 6.45) is 0. The first-order valence-electron chi connectivity index (χ1n) is 9.62. The van der Waals surface area contributed by atoms with E-state index in [4.69, 9.17) is 11.6 Å². The number of nitrogens with one attached hydrogen (secondary N) is 2. The number of amides is 2. The lowest BCUT2D eigenvalue weighted by Crippen LogP contribution is -2.26. The Morgan fingerprint density at radius 1 is 0.967 bits per heavy atom. The molecule has 30 heavy (non-hydrogen) atoms. The number of hydrogen-bond acceptors (Lipinski definition) is 3. The van der Waals surface area contributed by atoms with Crippen LogP contribution in [0.1, 0.15) is 21.5 Å². The van der Waals surface area contributed by atoms with E-state index in [9.17, 15) is 9.59 Å². The second kappa shape index (κ2) is 9.94. The number of carbonyl (C=O) groups is 2. The number of carbonyl (C=O) groups excluding carboxylic acids is 2. The molecule has 5 nitrogen and oxygen atoms in total. The van der Waals surface area contributed by atoms with E-state index in [0.29, 0.717) is 22.8 Å². The van der Waals surface area contributed by atoms with Crippen LogP contribution in [-0.2, 0) is 11.3 Å². The predicted octanol–water partition coefficient (Wildman–Crippen LogP) is 4.97. The van der Waals surface area contributed by atoms with E-state index >= 15 is 0 Å². The lowest BCUT2D eigenvalue weighted by atomic mass is 10.1. The first kappa shape index (κ1) is 21.4. The van der Waals surface area contributed by atoms with E-state index in [0.717, 1.165) is 16.8 Å². The van der Waals surface area contributed by atoms with Crippen molar-refractivity contribution in [2.45, 2.75) is 13.5 Å². The minimum absolute atomic E-state index is 0.0905. The minimum atomic E-state index is -0.211. The van der Waals surface area contributed by atoms with Gasteiger partial charge in [0.15, 0.2) is 0 Å². The van der Waals surface area contributed by atoms with Crippen LogP contribution in [0.5, 0.6) is 0 Å². The molecule has 154 valence electrons. The van der Waals surface area contributed by atoms with E-state index in [-0.39, 0.29) is 18.4 Å². The molecule has 3 aromatic rings. The van der Waals surface area contributed by atoms with Crippen molar-refractivity contribution in [3.8, 4) is 0 Å².